The van der Waals surface area contributed by atoms with Gasteiger partial charge in [0.25, 0.3) is 5.91 Å². The van der Waals surface area contributed by atoms with Crippen molar-refractivity contribution in [3.8, 4) is 11.6 Å². The number of ether oxygens (including phenoxy) is 3. The third kappa shape index (κ3) is 3.34. The maximum atomic E-state index is 14.7. The van der Waals surface area contributed by atoms with Gasteiger partial charge in [-0.1, -0.05) is 0 Å². The molecule has 11 heteroatoms. The highest BCUT2D eigenvalue weighted by molar-refractivity contribution is 5.94. The van der Waals surface area contributed by atoms with Crippen LogP contribution in [0.1, 0.15) is 17.7 Å². The number of aromatic nitrogens is 3. The molecule has 3 aromatic rings. The van der Waals surface area contributed by atoms with Gasteiger partial charge < -0.3 is 24.8 Å². The van der Waals surface area contributed by atoms with Crippen LogP contribution in [0, 0.1) is 11.7 Å². The van der Waals surface area contributed by atoms with E-state index in [1.165, 1.54) is 6.20 Å². The standard InChI is InChI=1S/C25H25FN6O4/c1-34-21-5-3-17-22(31-21)15(16(26)10-28-17)6-7-32-11-13-8-18(23-25(13,32)36-23)27-9-14-2-4-19-24(29-14)30-20(33)12-35-19/h2-5,10,13,18,23,27H,6-9,11-12H2,1H3,(H,29,30,33)/t13-,18-,23?,25?/m1/s1. The quantitative estimate of drug-likeness (QED) is 0.475. The number of hydrogen-bond acceptors (Lipinski definition) is 9. The molecule has 3 fully saturated rings. The molecule has 186 valence electrons. The zero-order valence-corrected chi connectivity index (χ0v) is 19.7. The Kier molecular flexibility index (Phi) is 4.88. The van der Waals surface area contributed by atoms with E-state index in [1.807, 2.05) is 12.1 Å². The minimum atomic E-state index is -0.351. The summed E-state index contributed by atoms with van der Waals surface area (Å²) in [4.78, 5) is 27.0. The maximum absolute atomic E-state index is 14.7. The highest BCUT2D eigenvalue weighted by atomic mass is 19.1. The van der Waals surface area contributed by atoms with Crippen LogP contribution in [0.4, 0.5) is 10.2 Å². The minimum absolute atomic E-state index is 0.0159. The number of methoxy groups -OCH3 is 1. The van der Waals surface area contributed by atoms with E-state index < -0.39 is 0 Å². The molecule has 0 radical (unpaired) electrons. The number of nitrogens with zero attached hydrogens (tertiary/aromatic N) is 4. The van der Waals surface area contributed by atoms with E-state index in [1.54, 1.807) is 19.2 Å². The number of carbonyl (C=O) groups is 1. The number of amides is 1. The summed E-state index contributed by atoms with van der Waals surface area (Å²) in [6.45, 7) is 2.19. The van der Waals surface area contributed by atoms with Crippen LogP contribution in [-0.4, -0.2) is 70.4 Å². The number of likely N-dealkylation sites (tertiary alicyclic amines) is 1. The summed E-state index contributed by atoms with van der Waals surface area (Å²) in [5.74, 6) is 1.40. The van der Waals surface area contributed by atoms with Crippen LogP contribution in [0.15, 0.2) is 30.5 Å². The van der Waals surface area contributed by atoms with Crippen molar-refractivity contribution in [2.24, 2.45) is 5.92 Å². The summed E-state index contributed by atoms with van der Waals surface area (Å²) in [5.41, 5.74) is 2.33. The Bertz CT molecular complexity index is 1390. The van der Waals surface area contributed by atoms with Crippen LogP contribution >= 0.6 is 0 Å². The second-order valence-corrected chi connectivity index (χ2v) is 9.70. The number of halogens is 1. The summed E-state index contributed by atoms with van der Waals surface area (Å²) < 4.78 is 31.5. The molecule has 1 amide bonds. The van der Waals surface area contributed by atoms with Gasteiger partial charge in [-0.25, -0.2) is 14.4 Å². The van der Waals surface area contributed by atoms with Gasteiger partial charge in [0.2, 0.25) is 5.88 Å². The number of rotatable bonds is 7. The van der Waals surface area contributed by atoms with Crippen LogP contribution in [-0.2, 0) is 22.5 Å². The average Bonchev–Trinajstić information content (AvgIpc) is 3.62. The fraction of sp³-hybridized carbons (Fsp3) is 0.440. The maximum Gasteiger partial charge on any atom is 0.263 e. The van der Waals surface area contributed by atoms with Gasteiger partial charge in [0, 0.05) is 43.2 Å². The first-order valence-corrected chi connectivity index (χ1v) is 12.1. The summed E-state index contributed by atoms with van der Waals surface area (Å²) in [6.07, 6.45) is 2.91. The van der Waals surface area contributed by atoms with E-state index in [2.05, 4.69) is 30.5 Å². The molecule has 1 aliphatic carbocycles. The van der Waals surface area contributed by atoms with Crippen molar-refractivity contribution >= 4 is 22.8 Å². The smallest absolute Gasteiger partial charge is 0.263 e. The van der Waals surface area contributed by atoms with Gasteiger partial charge in [-0.15, -0.1) is 0 Å². The zero-order valence-electron chi connectivity index (χ0n) is 19.7. The number of carbonyl (C=O) groups excluding carboxylic acids is 1. The third-order valence-corrected chi connectivity index (χ3v) is 7.75. The lowest BCUT2D eigenvalue weighted by molar-refractivity contribution is -0.118. The molecule has 3 aromatic heterocycles. The summed E-state index contributed by atoms with van der Waals surface area (Å²) in [5, 5.41) is 6.33. The fourth-order valence-corrected chi connectivity index (χ4v) is 5.95. The predicted octanol–water partition coefficient (Wildman–Crippen LogP) is 1.63. The van der Waals surface area contributed by atoms with E-state index in [0.717, 1.165) is 18.7 Å². The number of fused-ring (bicyclic) bond motifs is 2. The molecule has 2 N–H and O–H groups in total. The molecule has 7 rings (SSSR count). The number of epoxide rings is 1. The molecule has 1 spiro atoms. The molecule has 2 saturated heterocycles. The Morgan fingerprint density at radius 3 is 3.08 bits per heavy atom. The first kappa shape index (κ1) is 21.8. The number of pyridine rings is 3. The first-order valence-electron chi connectivity index (χ1n) is 12.1. The molecule has 2 unspecified atom stereocenters. The van der Waals surface area contributed by atoms with Crippen LogP contribution in [0.3, 0.4) is 0 Å². The molecule has 36 heavy (non-hydrogen) atoms. The highest BCUT2D eigenvalue weighted by Crippen LogP contribution is 2.62. The first-order chi connectivity index (χ1) is 17.5. The molecular formula is C25H25FN6O4. The number of anilines is 1. The molecular weight excluding hydrogens is 467 g/mol. The van der Waals surface area contributed by atoms with Crippen molar-refractivity contribution in [3.05, 3.63) is 47.5 Å². The van der Waals surface area contributed by atoms with Gasteiger partial charge in [-0.3, -0.25) is 14.7 Å². The van der Waals surface area contributed by atoms with Crippen LogP contribution in [0.25, 0.3) is 11.0 Å². The molecule has 0 aromatic carbocycles. The highest BCUT2D eigenvalue weighted by Gasteiger charge is 2.77. The van der Waals surface area contributed by atoms with Gasteiger partial charge >= 0.3 is 0 Å². The average molecular weight is 493 g/mol. The number of nitrogens with one attached hydrogen (secondary N) is 2. The van der Waals surface area contributed by atoms with E-state index in [-0.39, 0.29) is 36.2 Å². The summed E-state index contributed by atoms with van der Waals surface area (Å²) >= 11 is 0. The van der Waals surface area contributed by atoms with E-state index in [0.29, 0.717) is 59.5 Å². The summed E-state index contributed by atoms with van der Waals surface area (Å²) in [6, 6.07) is 7.48. The van der Waals surface area contributed by atoms with E-state index in [4.69, 9.17) is 14.2 Å². The molecule has 10 nitrogen and oxygen atoms in total. The third-order valence-electron chi connectivity index (χ3n) is 7.75. The van der Waals surface area contributed by atoms with Crippen molar-refractivity contribution in [1.82, 2.24) is 25.2 Å². The second kappa shape index (κ2) is 8.05. The van der Waals surface area contributed by atoms with Crippen molar-refractivity contribution < 1.29 is 23.4 Å². The van der Waals surface area contributed by atoms with Gasteiger partial charge in [-0.2, -0.15) is 0 Å². The predicted molar refractivity (Wildman–Crippen MR) is 126 cm³/mol. The van der Waals surface area contributed by atoms with Crippen LogP contribution < -0.4 is 20.1 Å². The molecule has 4 atom stereocenters. The minimum Gasteiger partial charge on any atom is -0.481 e. The van der Waals surface area contributed by atoms with Crippen molar-refractivity contribution in [2.45, 2.75) is 37.3 Å². The van der Waals surface area contributed by atoms with Gasteiger partial charge in [0.05, 0.1) is 30.0 Å². The van der Waals surface area contributed by atoms with Crippen LogP contribution in [0.2, 0.25) is 0 Å². The SMILES string of the molecule is COc1ccc2ncc(F)c(CCN3C[C@H]4C[C@@H](NCc5ccc6c(n5)NC(=O)CO6)C5OC543)c2n1. The van der Waals surface area contributed by atoms with Crippen molar-refractivity contribution in [3.63, 3.8) is 0 Å². The molecule has 0 bridgehead atoms. The Hall–Kier alpha value is -3.41. The zero-order chi connectivity index (χ0) is 24.4. The normalized spacial score (nSPS) is 27.9. The fourth-order valence-electron chi connectivity index (χ4n) is 5.95. The topological polar surface area (TPSA) is 114 Å². The Morgan fingerprint density at radius 2 is 2.22 bits per heavy atom. The van der Waals surface area contributed by atoms with Crippen molar-refractivity contribution in [1.29, 1.82) is 0 Å². The summed E-state index contributed by atoms with van der Waals surface area (Å²) in [7, 11) is 1.54. The van der Waals surface area contributed by atoms with Gasteiger partial charge in [0.1, 0.15) is 11.9 Å². The Balaban J connectivity index is 1.00. The lowest BCUT2D eigenvalue weighted by Gasteiger charge is -2.44. The molecule has 1 saturated carbocycles. The van der Waals surface area contributed by atoms with Crippen LogP contribution in [0.5, 0.6) is 11.6 Å². The van der Waals surface area contributed by atoms with Gasteiger partial charge in [0.15, 0.2) is 23.9 Å². The molecule has 3 aliphatic heterocycles. The largest absolute Gasteiger partial charge is 0.481 e. The Morgan fingerprint density at radius 1 is 1.31 bits per heavy atom. The lowest BCUT2D eigenvalue weighted by Crippen LogP contribution is -2.58. The monoisotopic (exact) mass is 492 g/mol. The molecule has 6 heterocycles. The van der Waals surface area contributed by atoms with Gasteiger partial charge in [-0.05, 0) is 31.0 Å². The molecule has 4 aliphatic rings. The van der Waals surface area contributed by atoms with E-state index in [9.17, 15) is 9.18 Å². The lowest BCUT2D eigenvalue weighted by atomic mass is 9.90. The second-order valence-electron chi connectivity index (χ2n) is 9.70. The Labute approximate surface area is 206 Å². The van der Waals surface area contributed by atoms with Crippen molar-refractivity contribution in [2.75, 3.05) is 32.1 Å². The number of hydrogen-bond donors (Lipinski definition) is 2. The van der Waals surface area contributed by atoms with E-state index >= 15 is 0 Å².